The molecule has 0 saturated carbocycles. The number of nitriles is 1. The fourth-order valence-electron chi connectivity index (χ4n) is 1.14. The normalized spacial score (nSPS) is 9.69. The summed E-state index contributed by atoms with van der Waals surface area (Å²) in [5, 5.41) is 14.2. The van der Waals surface area contributed by atoms with Crippen molar-refractivity contribution in [3.05, 3.63) is 28.2 Å². The van der Waals surface area contributed by atoms with Gasteiger partial charge in [0.2, 0.25) is 0 Å². The van der Waals surface area contributed by atoms with E-state index in [1.54, 1.807) is 18.2 Å². The van der Waals surface area contributed by atoms with Crippen molar-refractivity contribution in [3.63, 3.8) is 0 Å². The molecule has 0 radical (unpaired) electrons. The summed E-state index contributed by atoms with van der Waals surface area (Å²) >= 11 is 3.29. The van der Waals surface area contributed by atoms with Crippen molar-refractivity contribution in [3.8, 4) is 6.07 Å². The Hall–Kier alpha value is -1.54. The Balaban J connectivity index is 2.84. The van der Waals surface area contributed by atoms with Crippen molar-refractivity contribution in [1.29, 1.82) is 5.26 Å². The summed E-state index contributed by atoms with van der Waals surface area (Å²) in [6, 6.07) is 6.85. The number of carbonyl (C=O) groups excluding carboxylic acids is 1. The van der Waals surface area contributed by atoms with Gasteiger partial charge in [-0.05, 0) is 32.0 Å². The number of urea groups is 1. The van der Waals surface area contributed by atoms with Gasteiger partial charge >= 0.3 is 6.03 Å². The van der Waals surface area contributed by atoms with Gasteiger partial charge in [-0.25, -0.2) is 4.79 Å². The predicted octanol–water partition coefficient (Wildman–Crippen LogP) is 2.85. The predicted molar refractivity (Wildman–Crippen MR) is 66.1 cm³/mol. The fourth-order valence-corrected chi connectivity index (χ4v) is 1.50. The minimum Gasteiger partial charge on any atom is -0.336 e. The van der Waals surface area contributed by atoms with E-state index in [1.807, 2.05) is 19.9 Å². The Bertz CT molecular complexity index is 437. The summed E-state index contributed by atoms with van der Waals surface area (Å²) in [7, 11) is 0. The number of amides is 2. The molecule has 1 aromatic carbocycles. The second kappa shape index (κ2) is 5.52. The van der Waals surface area contributed by atoms with Crippen LogP contribution in [0.3, 0.4) is 0 Å². The summed E-state index contributed by atoms with van der Waals surface area (Å²) in [5.41, 5.74) is 0.928. The lowest BCUT2D eigenvalue weighted by molar-refractivity contribution is 0.250. The van der Waals surface area contributed by atoms with Crippen LogP contribution in [0.5, 0.6) is 0 Å². The lowest BCUT2D eigenvalue weighted by atomic mass is 10.2. The van der Waals surface area contributed by atoms with Gasteiger partial charge in [0.1, 0.15) is 6.07 Å². The lowest BCUT2D eigenvalue weighted by Gasteiger charge is -2.11. The van der Waals surface area contributed by atoms with Crippen molar-refractivity contribution in [2.45, 2.75) is 19.9 Å². The second-order valence-electron chi connectivity index (χ2n) is 3.55. The summed E-state index contributed by atoms with van der Waals surface area (Å²) in [6.45, 7) is 3.73. The Labute approximate surface area is 103 Å². The molecule has 0 heterocycles. The van der Waals surface area contributed by atoms with Crippen molar-refractivity contribution in [2.75, 3.05) is 5.32 Å². The number of halogens is 1. The topological polar surface area (TPSA) is 64.9 Å². The highest BCUT2D eigenvalue weighted by molar-refractivity contribution is 9.10. The molecule has 16 heavy (non-hydrogen) atoms. The minimum absolute atomic E-state index is 0.0534. The van der Waals surface area contributed by atoms with E-state index in [1.165, 1.54) is 0 Å². The van der Waals surface area contributed by atoms with E-state index < -0.39 is 0 Å². The molecule has 0 fully saturated rings. The van der Waals surface area contributed by atoms with Gasteiger partial charge in [-0.3, -0.25) is 0 Å². The largest absolute Gasteiger partial charge is 0.336 e. The van der Waals surface area contributed by atoms with Crippen LogP contribution in [0.25, 0.3) is 0 Å². The molecule has 1 rings (SSSR count). The first-order valence-corrected chi connectivity index (χ1v) is 5.59. The van der Waals surface area contributed by atoms with Crippen LogP contribution < -0.4 is 10.6 Å². The fraction of sp³-hybridized carbons (Fsp3) is 0.273. The molecule has 0 aliphatic heterocycles. The molecule has 0 aromatic heterocycles. The van der Waals surface area contributed by atoms with Crippen LogP contribution in [0.1, 0.15) is 19.4 Å². The van der Waals surface area contributed by atoms with Gasteiger partial charge in [-0.15, -0.1) is 0 Å². The number of nitrogens with zero attached hydrogens (tertiary/aromatic N) is 1. The number of carbonyl (C=O) groups is 1. The molecule has 0 aliphatic carbocycles. The third kappa shape index (κ3) is 3.55. The van der Waals surface area contributed by atoms with E-state index in [9.17, 15) is 4.79 Å². The van der Waals surface area contributed by atoms with Crippen LogP contribution in [0.15, 0.2) is 22.7 Å². The molecular formula is C11H12BrN3O. The highest BCUT2D eigenvalue weighted by atomic mass is 79.9. The van der Waals surface area contributed by atoms with Crippen molar-refractivity contribution in [2.24, 2.45) is 0 Å². The van der Waals surface area contributed by atoms with Crippen LogP contribution in [0, 0.1) is 11.3 Å². The first kappa shape index (κ1) is 12.5. The highest BCUT2D eigenvalue weighted by Crippen LogP contribution is 2.20. The molecule has 5 heteroatoms. The summed E-state index contributed by atoms with van der Waals surface area (Å²) in [6.07, 6.45) is 0. The number of rotatable bonds is 2. The highest BCUT2D eigenvalue weighted by Gasteiger charge is 2.07. The maximum Gasteiger partial charge on any atom is 0.319 e. The number of nitrogens with one attached hydrogen (secondary N) is 2. The summed E-state index contributed by atoms with van der Waals surface area (Å²) in [4.78, 5) is 11.5. The molecule has 2 N–H and O–H groups in total. The zero-order chi connectivity index (χ0) is 12.1. The molecule has 0 aliphatic rings. The van der Waals surface area contributed by atoms with E-state index in [2.05, 4.69) is 26.6 Å². The Morgan fingerprint density at radius 2 is 2.19 bits per heavy atom. The maximum absolute atomic E-state index is 11.5. The number of hydrogen-bond donors (Lipinski definition) is 2. The van der Waals surface area contributed by atoms with E-state index in [4.69, 9.17) is 5.26 Å². The van der Waals surface area contributed by atoms with Gasteiger partial charge < -0.3 is 10.6 Å². The second-order valence-corrected chi connectivity index (χ2v) is 4.47. The molecule has 0 spiro atoms. The Morgan fingerprint density at radius 1 is 1.50 bits per heavy atom. The Kier molecular flexibility index (Phi) is 4.32. The third-order valence-electron chi connectivity index (χ3n) is 1.77. The van der Waals surface area contributed by atoms with Crippen LogP contribution in [-0.4, -0.2) is 12.1 Å². The molecule has 2 amide bonds. The van der Waals surface area contributed by atoms with Crippen molar-refractivity contribution >= 4 is 27.6 Å². The van der Waals surface area contributed by atoms with Gasteiger partial charge in [0.05, 0.1) is 11.3 Å². The first-order valence-electron chi connectivity index (χ1n) is 4.80. The van der Waals surface area contributed by atoms with E-state index in [-0.39, 0.29) is 12.1 Å². The number of hydrogen-bond acceptors (Lipinski definition) is 2. The minimum atomic E-state index is -0.315. The molecule has 84 valence electrons. The number of anilines is 1. The average molecular weight is 282 g/mol. The molecule has 0 unspecified atom stereocenters. The van der Waals surface area contributed by atoms with E-state index in [0.29, 0.717) is 11.3 Å². The van der Waals surface area contributed by atoms with Gasteiger partial charge in [0, 0.05) is 10.5 Å². The monoisotopic (exact) mass is 281 g/mol. The Morgan fingerprint density at radius 3 is 2.75 bits per heavy atom. The average Bonchev–Trinajstić information content (AvgIpc) is 2.16. The van der Waals surface area contributed by atoms with Gasteiger partial charge in [-0.2, -0.15) is 5.26 Å². The molecule has 4 nitrogen and oxygen atoms in total. The molecular weight excluding hydrogens is 270 g/mol. The smallest absolute Gasteiger partial charge is 0.319 e. The van der Waals surface area contributed by atoms with E-state index >= 15 is 0 Å². The maximum atomic E-state index is 11.5. The van der Waals surface area contributed by atoms with Gasteiger partial charge in [0.25, 0.3) is 0 Å². The molecule has 0 atom stereocenters. The summed E-state index contributed by atoms with van der Waals surface area (Å²) < 4.78 is 0.811. The standard InChI is InChI=1S/C11H12BrN3O/c1-7(2)14-11(16)15-10-5-9(12)4-3-8(10)6-13/h3-5,7H,1-2H3,(H2,14,15,16). The summed E-state index contributed by atoms with van der Waals surface area (Å²) in [5.74, 6) is 0. The van der Waals surface area contributed by atoms with E-state index in [0.717, 1.165) is 4.47 Å². The zero-order valence-corrected chi connectivity index (χ0v) is 10.6. The van der Waals surface area contributed by atoms with Crippen molar-refractivity contribution in [1.82, 2.24) is 5.32 Å². The van der Waals surface area contributed by atoms with Crippen LogP contribution in [-0.2, 0) is 0 Å². The first-order chi connectivity index (χ1) is 7.52. The quantitative estimate of drug-likeness (QED) is 0.876. The molecule has 1 aromatic rings. The SMILES string of the molecule is CC(C)NC(=O)Nc1cc(Br)ccc1C#N. The van der Waals surface area contributed by atoms with Crippen LogP contribution in [0.4, 0.5) is 10.5 Å². The van der Waals surface area contributed by atoms with Gasteiger partial charge in [0.15, 0.2) is 0 Å². The number of benzene rings is 1. The molecule has 0 saturated heterocycles. The lowest BCUT2D eigenvalue weighted by Crippen LogP contribution is -2.34. The van der Waals surface area contributed by atoms with Crippen LogP contribution >= 0.6 is 15.9 Å². The van der Waals surface area contributed by atoms with Gasteiger partial charge in [-0.1, -0.05) is 15.9 Å². The zero-order valence-electron chi connectivity index (χ0n) is 9.04. The third-order valence-corrected chi connectivity index (χ3v) is 2.26. The van der Waals surface area contributed by atoms with Crippen LogP contribution in [0.2, 0.25) is 0 Å². The molecule has 0 bridgehead atoms. The van der Waals surface area contributed by atoms with Crippen molar-refractivity contribution < 1.29 is 4.79 Å².